The average molecular weight is 304 g/mol. The number of hydrogen-bond donors (Lipinski definition) is 1. The number of imidazole rings is 1. The first kappa shape index (κ1) is 13.8. The number of aromatic nitrogens is 3. The molecule has 0 aromatic carbocycles. The predicted molar refractivity (Wildman–Crippen MR) is 79.6 cm³/mol. The highest BCUT2D eigenvalue weighted by Crippen LogP contribution is 2.18. The number of fused-ring (bicyclic) bond motifs is 1. The summed E-state index contributed by atoms with van der Waals surface area (Å²) in [6.45, 7) is 5.61. The minimum absolute atomic E-state index is 0.195. The van der Waals surface area contributed by atoms with Crippen molar-refractivity contribution in [3.05, 3.63) is 40.8 Å². The summed E-state index contributed by atoms with van der Waals surface area (Å²) in [6.07, 6.45) is 4.53. The van der Waals surface area contributed by atoms with Gasteiger partial charge in [0, 0.05) is 24.2 Å². The van der Waals surface area contributed by atoms with Crippen LogP contribution in [0.3, 0.4) is 0 Å². The lowest BCUT2D eigenvalue weighted by molar-refractivity contribution is 0.0908. The maximum Gasteiger partial charge on any atom is 0.289 e. The van der Waals surface area contributed by atoms with Crippen LogP contribution in [0.25, 0.3) is 4.96 Å². The Morgan fingerprint density at radius 1 is 1.52 bits per heavy atom. The van der Waals surface area contributed by atoms with Crippen LogP contribution in [0.5, 0.6) is 0 Å². The summed E-state index contributed by atoms with van der Waals surface area (Å²) in [6, 6.07) is -0.195. The maximum atomic E-state index is 12.3. The maximum absolute atomic E-state index is 12.3. The molecule has 1 amide bonds. The summed E-state index contributed by atoms with van der Waals surface area (Å²) < 4.78 is 7.40. The standard InChI is InChI=1S/C14H16N4O2S/c1-4-11-15-9(3)12(20-11)13(19)16-8(2)10-7-18-5-6-21-14(18)17-10/h5-8H,4H2,1-3H3,(H,16,19)/t8-/m1/s1. The van der Waals surface area contributed by atoms with Gasteiger partial charge >= 0.3 is 0 Å². The zero-order valence-corrected chi connectivity index (χ0v) is 12.9. The number of rotatable bonds is 4. The third kappa shape index (κ3) is 2.56. The van der Waals surface area contributed by atoms with Crippen LogP contribution < -0.4 is 5.32 Å². The van der Waals surface area contributed by atoms with E-state index in [0.29, 0.717) is 18.0 Å². The molecule has 3 rings (SSSR count). The molecular weight excluding hydrogens is 288 g/mol. The molecule has 0 bridgehead atoms. The van der Waals surface area contributed by atoms with Crippen molar-refractivity contribution in [1.29, 1.82) is 0 Å². The molecule has 3 heterocycles. The van der Waals surface area contributed by atoms with Crippen LogP contribution in [0.15, 0.2) is 22.2 Å². The van der Waals surface area contributed by atoms with E-state index in [-0.39, 0.29) is 17.7 Å². The van der Waals surface area contributed by atoms with Crippen molar-refractivity contribution in [1.82, 2.24) is 19.7 Å². The summed E-state index contributed by atoms with van der Waals surface area (Å²) in [5.41, 5.74) is 1.44. The Kier molecular flexibility index (Phi) is 3.50. The minimum atomic E-state index is -0.261. The number of thiazole rings is 1. The third-order valence-corrected chi connectivity index (χ3v) is 4.02. The Bertz CT molecular complexity index is 757. The second-order valence-corrected chi connectivity index (χ2v) is 5.70. The molecule has 7 heteroatoms. The molecule has 0 saturated heterocycles. The molecule has 0 fully saturated rings. The molecule has 0 spiro atoms. The molecule has 0 radical (unpaired) electrons. The van der Waals surface area contributed by atoms with E-state index in [4.69, 9.17) is 4.42 Å². The molecule has 6 nitrogen and oxygen atoms in total. The van der Waals surface area contributed by atoms with Gasteiger partial charge in [-0.15, -0.1) is 11.3 Å². The zero-order valence-electron chi connectivity index (χ0n) is 12.1. The highest BCUT2D eigenvalue weighted by Gasteiger charge is 2.20. The number of carbonyl (C=O) groups is 1. The fourth-order valence-electron chi connectivity index (χ4n) is 2.10. The number of oxazole rings is 1. The van der Waals surface area contributed by atoms with Gasteiger partial charge < -0.3 is 9.73 Å². The number of amides is 1. The van der Waals surface area contributed by atoms with Gasteiger partial charge in [-0.2, -0.15) is 0 Å². The molecule has 0 unspecified atom stereocenters. The van der Waals surface area contributed by atoms with Crippen LogP contribution in [-0.4, -0.2) is 20.3 Å². The van der Waals surface area contributed by atoms with Gasteiger partial charge in [0.2, 0.25) is 5.76 Å². The third-order valence-electron chi connectivity index (χ3n) is 3.25. The Morgan fingerprint density at radius 3 is 3.00 bits per heavy atom. The first-order valence-corrected chi connectivity index (χ1v) is 7.65. The highest BCUT2D eigenvalue weighted by molar-refractivity contribution is 7.15. The van der Waals surface area contributed by atoms with Crippen LogP contribution in [-0.2, 0) is 6.42 Å². The van der Waals surface area contributed by atoms with E-state index in [1.807, 2.05) is 36.0 Å². The molecule has 0 saturated carbocycles. The van der Waals surface area contributed by atoms with E-state index in [1.165, 1.54) is 0 Å². The Hall–Kier alpha value is -2.15. The van der Waals surface area contributed by atoms with E-state index in [0.717, 1.165) is 10.7 Å². The van der Waals surface area contributed by atoms with Gasteiger partial charge in [0.05, 0.1) is 17.4 Å². The average Bonchev–Trinajstić information content (AvgIpc) is 3.11. The molecule has 0 aliphatic carbocycles. The Balaban J connectivity index is 1.77. The molecule has 3 aromatic heterocycles. The lowest BCUT2D eigenvalue weighted by Gasteiger charge is -2.10. The quantitative estimate of drug-likeness (QED) is 0.804. The van der Waals surface area contributed by atoms with E-state index >= 15 is 0 Å². The lowest BCUT2D eigenvalue weighted by atomic mass is 10.2. The number of nitrogens with zero attached hydrogens (tertiary/aromatic N) is 3. The summed E-state index contributed by atoms with van der Waals surface area (Å²) in [5, 5.41) is 4.87. The van der Waals surface area contributed by atoms with Crippen LogP contribution in [0.4, 0.5) is 0 Å². The Labute approximate surface area is 125 Å². The lowest BCUT2D eigenvalue weighted by Crippen LogP contribution is -2.27. The largest absolute Gasteiger partial charge is 0.435 e. The van der Waals surface area contributed by atoms with Crippen molar-refractivity contribution >= 4 is 22.2 Å². The SMILES string of the molecule is CCc1nc(C)c(C(=O)N[C@H](C)c2cn3ccsc3n2)o1. The molecular formula is C14H16N4O2S. The predicted octanol–water partition coefficient (Wildman–Crippen LogP) is 2.75. The van der Waals surface area contributed by atoms with Gasteiger partial charge in [-0.25, -0.2) is 9.97 Å². The van der Waals surface area contributed by atoms with Crippen LogP contribution in [0, 0.1) is 6.92 Å². The summed E-state index contributed by atoms with van der Waals surface area (Å²) in [4.78, 5) is 21.9. The van der Waals surface area contributed by atoms with Gasteiger partial charge in [-0.1, -0.05) is 6.92 Å². The highest BCUT2D eigenvalue weighted by atomic mass is 32.1. The molecule has 3 aromatic rings. The molecule has 0 aliphatic heterocycles. The molecule has 0 aliphatic rings. The van der Waals surface area contributed by atoms with E-state index in [9.17, 15) is 4.79 Å². The van der Waals surface area contributed by atoms with Crippen molar-refractivity contribution in [3.63, 3.8) is 0 Å². The Morgan fingerprint density at radius 2 is 2.33 bits per heavy atom. The number of carbonyl (C=O) groups excluding carboxylic acids is 1. The number of hydrogen-bond acceptors (Lipinski definition) is 5. The van der Waals surface area contributed by atoms with Crippen LogP contribution in [0.1, 0.15) is 47.7 Å². The van der Waals surface area contributed by atoms with Gasteiger partial charge in [-0.05, 0) is 13.8 Å². The van der Waals surface area contributed by atoms with Crippen molar-refractivity contribution < 1.29 is 9.21 Å². The second kappa shape index (κ2) is 5.33. The fourth-order valence-corrected chi connectivity index (χ4v) is 2.81. The zero-order chi connectivity index (χ0) is 15.0. The monoisotopic (exact) mass is 304 g/mol. The summed E-state index contributed by atoms with van der Waals surface area (Å²) >= 11 is 1.56. The first-order chi connectivity index (χ1) is 10.1. The van der Waals surface area contributed by atoms with Crippen molar-refractivity contribution in [2.45, 2.75) is 33.2 Å². The van der Waals surface area contributed by atoms with E-state index < -0.39 is 0 Å². The summed E-state index contributed by atoms with van der Waals surface area (Å²) in [5.74, 6) is 0.594. The summed E-state index contributed by atoms with van der Waals surface area (Å²) in [7, 11) is 0. The topological polar surface area (TPSA) is 72.4 Å². The van der Waals surface area contributed by atoms with E-state index in [1.54, 1.807) is 18.3 Å². The molecule has 1 atom stereocenters. The first-order valence-electron chi connectivity index (χ1n) is 6.77. The van der Waals surface area contributed by atoms with Crippen LogP contribution in [0.2, 0.25) is 0 Å². The fraction of sp³-hybridized carbons (Fsp3) is 0.357. The van der Waals surface area contributed by atoms with Crippen LogP contribution >= 0.6 is 11.3 Å². The molecule has 110 valence electrons. The minimum Gasteiger partial charge on any atom is -0.435 e. The van der Waals surface area contributed by atoms with Gasteiger partial charge in [0.1, 0.15) is 0 Å². The van der Waals surface area contributed by atoms with Gasteiger partial charge in [0.15, 0.2) is 10.9 Å². The van der Waals surface area contributed by atoms with Crippen molar-refractivity contribution in [3.8, 4) is 0 Å². The van der Waals surface area contributed by atoms with Crippen molar-refractivity contribution in [2.75, 3.05) is 0 Å². The number of nitrogens with one attached hydrogen (secondary N) is 1. The molecule has 21 heavy (non-hydrogen) atoms. The normalized spacial score (nSPS) is 12.7. The van der Waals surface area contributed by atoms with Crippen molar-refractivity contribution in [2.24, 2.45) is 0 Å². The van der Waals surface area contributed by atoms with Gasteiger partial charge in [0.25, 0.3) is 5.91 Å². The van der Waals surface area contributed by atoms with E-state index in [2.05, 4.69) is 15.3 Å². The smallest absolute Gasteiger partial charge is 0.289 e. The van der Waals surface area contributed by atoms with Gasteiger partial charge in [-0.3, -0.25) is 9.20 Å². The second-order valence-electron chi connectivity index (χ2n) is 4.83. The molecule has 1 N–H and O–H groups in total. The number of aryl methyl sites for hydroxylation is 2.